The minimum absolute atomic E-state index is 0.000437. The summed E-state index contributed by atoms with van der Waals surface area (Å²) in [5.41, 5.74) is 1.68. The second kappa shape index (κ2) is 5.60. The van der Waals surface area contributed by atoms with Crippen LogP contribution in [0.15, 0.2) is 6.20 Å². The molecule has 126 valence electrons. The fraction of sp³-hybridized carbons (Fsp3) is 0.765. The van der Waals surface area contributed by atoms with Crippen molar-refractivity contribution in [2.45, 2.75) is 51.2 Å². The zero-order valence-corrected chi connectivity index (χ0v) is 13.9. The van der Waals surface area contributed by atoms with Crippen molar-refractivity contribution in [3.8, 4) is 0 Å². The van der Waals surface area contributed by atoms with Gasteiger partial charge < -0.3 is 15.4 Å². The Morgan fingerprint density at radius 3 is 3.09 bits per heavy atom. The molecule has 1 saturated carbocycles. The molecule has 2 aliphatic heterocycles. The molecule has 1 amide bonds. The number of aromatic amines is 1. The van der Waals surface area contributed by atoms with E-state index in [1.807, 2.05) is 0 Å². The van der Waals surface area contributed by atoms with E-state index in [2.05, 4.69) is 34.7 Å². The van der Waals surface area contributed by atoms with E-state index in [0.29, 0.717) is 17.4 Å². The normalized spacial score (nSPS) is 35.4. The number of nitrogens with one attached hydrogen (secondary N) is 3. The predicted molar refractivity (Wildman–Crippen MR) is 86.3 cm³/mol. The van der Waals surface area contributed by atoms with E-state index in [-0.39, 0.29) is 23.5 Å². The van der Waals surface area contributed by atoms with Crippen LogP contribution in [0, 0.1) is 11.3 Å². The summed E-state index contributed by atoms with van der Waals surface area (Å²) in [4.78, 5) is 12.8. The number of rotatable bonds is 3. The van der Waals surface area contributed by atoms with Gasteiger partial charge in [0.05, 0.1) is 23.6 Å². The molecule has 23 heavy (non-hydrogen) atoms. The zero-order chi connectivity index (χ0) is 16.0. The maximum atomic E-state index is 12.8. The molecule has 3 fully saturated rings. The van der Waals surface area contributed by atoms with Gasteiger partial charge in [-0.15, -0.1) is 0 Å². The van der Waals surface area contributed by atoms with Crippen LogP contribution >= 0.6 is 0 Å². The van der Waals surface area contributed by atoms with Gasteiger partial charge in [-0.3, -0.25) is 9.89 Å². The van der Waals surface area contributed by atoms with E-state index in [0.717, 1.165) is 44.7 Å². The third kappa shape index (κ3) is 2.39. The predicted octanol–water partition coefficient (Wildman–Crippen LogP) is 1.42. The highest BCUT2D eigenvalue weighted by molar-refractivity contribution is 5.95. The first kappa shape index (κ1) is 15.1. The van der Waals surface area contributed by atoms with Crippen molar-refractivity contribution in [1.82, 2.24) is 20.8 Å². The topological polar surface area (TPSA) is 79.0 Å². The monoisotopic (exact) mass is 318 g/mol. The van der Waals surface area contributed by atoms with Crippen LogP contribution in [0.4, 0.5) is 0 Å². The lowest BCUT2D eigenvalue weighted by atomic mass is 9.55. The third-order valence-corrected chi connectivity index (χ3v) is 6.00. The van der Waals surface area contributed by atoms with E-state index >= 15 is 0 Å². The van der Waals surface area contributed by atoms with Gasteiger partial charge >= 0.3 is 0 Å². The van der Waals surface area contributed by atoms with Gasteiger partial charge in [-0.05, 0) is 25.8 Å². The molecule has 1 aliphatic carbocycles. The van der Waals surface area contributed by atoms with Crippen LogP contribution in [0.3, 0.4) is 0 Å². The van der Waals surface area contributed by atoms with Crippen LogP contribution in [0.5, 0.6) is 0 Å². The summed E-state index contributed by atoms with van der Waals surface area (Å²) in [5, 5.41) is 13.8. The smallest absolute Gasteiger partial charge is 0.255 e. The number of H-pyrrole nitrogens is 1. The zero-order valence-electron chi connectivity index (χ0n) is 13.9. The molecule has 3 heterocycles. The Bertz CT molecular complexity index is 591. The fourth-order valence-electron chi connectivity index (χ4n) is 4.72. The van der Waals surface area contributed by atoms with E-state index < -0.39 is 0 Å². The lowest BCUT2D eigenvalue weighted by molar-refractivity contribution is -0.189. The number of carbonyl (C=O) groups is 1. The second-order valence-corrected chi connectivity index (χ2v) is 7.76. The van der Waals surface area contributed by atoms with Crippen molar-refractivity contribution in [3.05, 3.63) is 17.5 Å². The van der Waals surface area contributed by atoms with E-state index in [1.165, 1.54) is 0 Å². The highest BCUT2D eigenvalue weighted by atomic mass is 16.5. The van der Waals surface area contributed by atoms with Crippen LogP contribution in [0.1, 0.15) is 55.1 Å². The molecule has 4 rings (SSSR count). The fourth-order valence-corrected chi connectivity index (χ4v) is 4.72. The van der Waals surface area contributed by atoms with Gasteiger partial charge in [0.1, 0.15) is 0 Å². The summed E-state index contributed by atoms with van der Waals surface area (Å²) in [5.74, 6) is 0.812. The van der Waals surface area contributed by atoms with Crippen molar-refractivity contribution >= 4 is 5.91 Å². The summed E-state index contributed by atoms with van der Waals surface area (Å²) in [6.07, 6.45) is 5.24. The second-order valence-electron chi connectivity index (χ2n) is 7.76. The molecule has 3 aliphatic rings. The minimum atomic E-state index is -0.000437. The Labute approximate surface area is 136 Å². The van der Waals surface area contributed by atoms with Crippen molar-refractivity contribution < 1.29 is 9.53 Å². The van der Waals surface area contributed by atoms with Crippen molar-refractivity contribution in [2.75, 3.05) is 19.7 Å². The maximum absolute atomic E-state index is 12.8. The van der Waals surface area contributed by atoms with Gasteiger partial charge in [-0.25, -0.2) is 0 Å². The molecule has 4 atom stereocenters. The molecule has 0 spiro atoms. The van der Waals surface area contributed by atoms with Crippen LogP contribution in [-0.4, -0.2) is 47.9 Å². The van der Waals surface area contributed by atoms with Crippen LogP contribution in [0.25, 0.3) is 0 Å². The average Bonchev–Trinajstić information content (AvgIpc) is 3.22. The summed E-state index contributed by atoms with van der Waals surface area (Å²) < 4.78 is 5.92. The van der Waals surface area contributed by atoms with Gasteiger partial charge in [-0.2, -0.15) is 5.10 Å². The Balaban J connectivity index is 1.49. The quantitative estimate of drug-likeness (QED) is 0.787. The molecule has 4 unspecified atom stereocenters. The Morgan fingerprint density at radius 1 is 1.43 bits per heavy atom. The van der Waals surface area contributed by atoms with Crippen molar-refractivity contribution in [2.24, 2.45) is 11.3 Å². The average molecular weight is 318 g/mol. The summed E-state index contributed by atoms with van der Waals surface area (Å²) >= 11 is 0. The SMILES string of the molecule is CC1(C)C(NC(=O)c2cn[nH]c2C2CCNC2)C2CCCOC21. The first-order chi connectivity index (χ1) is 11.1. The largest absolute Gasteiger partial charge is 0.377 e. The minimum Gasteiger partial charge on any atom is -0.377 e. The molecule has 2 saturated heterocycles. The lowest BCUT2D eigenvalue weighted by Gasteiger charge is -2.59. The van der Waals surface area contributed by atoms with Crippen LogP contribution in [-0.2, 0) is 4.74 Å². The lowest BCUT2D eigenvalue weighted by Crippen LogP contribution is -2.70. The number of hydrogen-bond donors (Lipinski definition) is 3. The van der Waals surface area contributed by atoms with E-state index in [1.54, 1.807) is 6.20 Å². The Morgan fingerprint density at radius 2 is 2.30 bits per heavy atom. The van der Waals surface area contributed by atoms with Crippen LogP contribution < -0.4 is 10.6 Å². The van der Waals surface area contributed by atoms with Gasteiger partial charge in [-0.1, -0.05) is 13.8 Å². The van der Waals surface area contributed by atoms with Crippen molar-refractivity contribution in [1.29, 1.82) is 0 Å². The highest BCUT2D eigenvalue weighted by Gasteiger charge is 2.58. The molecule has 1 aromatic rings. The maximum Gasteiger partial charge on any atom is 0.255 e. The summed E-state index contributed by atoms with van der Waals surface area (Å²) in [6.45, 7) is 7.16. The molecule has 3 N–H and O–H groups in total. The molecule has 0 bridgehead atoms. The summed E-state index contributed by atoms with van der Waals surface area (Å²) in [7, 11) is 0. The molecule has 1 aromatic heterocycles. The molecular formula is C17H26N4O2. The van der Waals surface area contributed by atoms with E-state index in [4.69, 9.17) is 4.74 Å². The number of aromatic nitrogens is 2. The Hall–Kier alpha value is -1.40. The van der Waals surface area contributed by atoms with Gasteiger partial charge in [0.2, 0.25) is 0 Å². The molecular weight excluding hydrogens is 292 g/mol. The van der Waals surface area contributed by atoms with E-state index in [9.17, 15) is 4.79 Å². The first-order valence-corrected chi connectivity index (χ1v) is 8.75. The first-order valence-electron chi connectivity index (χ1n) is 8.75. The van der Waals surface area contributed by atoms with Gasteiger partial charge in [0.25, 0.3) is 5.91 Å². The number of carbonyl (C=O) groups excluding carboxylic acids is 1. The molecule has 6 nitrogen and oxygen atoms in total. The van der Waals surface area contributed by atoms with Gasteiger partial charge in [0.15, 0.2) is 0 Å². The number of fused-ring (bicyclic) bond motifs is 1. The highest BCUT2D eigenvalue weighted by Crippen LogP contribution is 2.51. The van der Waals surface area contributed by atoms with Crippen molar-refractivity contribution in [3.63, 3.8) is 0 Å². The molecule has 6 heteroatoms. The number of nitrogens with zero attached hydrogens (tertiary/aromatic N) is 1. The van der Waals surface area contributed by atoms with Crippen LogP contribution in [0.2, 0.25) is 0 Å². The molecule has 0 aromatic carbocycles. The third-order valence-electron chi connectivity index (χ3n) is 6.00. The Kier molecular flexibility index (Phi) is 3.69. The standard InChI is InChI=1S/C17H26N4O2/c1-17(2)14(11-4-3-7-23-15(11)17)20-16(22)12-9-19-21-13(12)10-5-6-18-8-10/h9-11,14-15,18H,3-8H2,1-2H3,(H,19,21)(H,20,22). The summed E-state index contributed by atoms with van der Waals surface area (Å²) in [6, 6.07) is 0.185. The molecule has 0 radical (unpaired) electrons. The number of ether oxygens (including phenoxy) is 1. The number of amides is 1. The van der Waals surface area contributed by atoms with Gasteiger partial charge in [0, 0.05) is 36.4 Å². The number of hydrogen-bond acceptors (Lipinski definition) is 4.